The highest BCUT2D eigenvalue weighted by atomic mass is 16.5. The van der Waals surface area contributed by atoms with Gasteiger partial charge in [-0.2, -0.15) is 0 Å². The van der Waals surface area contributed by atoms with Crippen molar-refractivity contribution in [3.63, 3.8) is 0 Å². The summed E-state index contributed by atoms with van der Waals surface area (Å²) in [5, 5.41) is 0. The number of aromatic nitrogens is 5. The molecule has 1 unspecified atom stereocenters. The number of rotatable bonds is 4. The molecule has 4 aromatic carbocycles. The predicted molar refractivity (Wildman–Crippen MR) is 224 cm³/mol. The minimum Gasteiger partial charge on any atom is -0.453 e. The highest BCUT2D eigenvalue weighted by Gasteiger charge is 2.54. The van der Waals surface area contributed by atoms with Crippen molar-refractivity contribution in [3.8, 4) is 68.2 Å². The fourth-order valence-electron chi connectivity index (χ4n) is 8.91. The van der Waals surface area contributed by atoms with Crippen molar-refractivity contribution < 1.29 is 9.47 Å². The smallest absolute Gasteiger partial charge is 0.194 e. The fourth-order valence-corrected chi connectivity index (χ4v) is 8.91. The molecule has 8 nitrogen and oxygen atoms in total. The van der Waals surface area contributed by atoms with Crippen molar-refractivity contribution in [2.24, 2.45) is 0 Å². The van der Waals surface area contributed by atoms with Gasteiger partial charge >= 0.3 is 0 Å². The summed E-state index contributed by atoms with van der Waals surface area (Å²) in [6.07, 6.45) is 9.00. The number of pyridine rings is 5. The van der Waals surface area contributed by atoms with E-state index in [9.17, 15) is 0 Å². The Morgan fingerprint density at radius 2 is 1.05 bits per heavy atom. The van der Waals surface area contributed by atoms with Crippen LogP contribution in [-0.2, 0) is 5.41 Å². The van der Waals surface area contributed by atoms with Crippen molar-refractivity contribution in [2.45, 2.75) is 5.41 Å². The molecule has 0 saturated carbocycles. The maximum absolute atomic E-state index is 6.99. The highest BCUT2D eigenvalue weighted by molar-refractivity contribution is 5.92. The Bertz CT molecular complexity index is 3030. The molecule has 12 rings (SSSR count). The molecule has 272 valence electrons. The maximum atomic E-state index is 6.99. The molecular weight excluding hydrogens is 717 g/mol. The largest absolute Gasteiger partial charge is 0.453 e. The van der Waals surface area contributed by atoms with Crippen LogP contribution in [0.1, 0.15) is 22.3 Å². The van der Waals surface area contributed by atoms with Crippen molar-refractivity contribution in [2.75, 3.05) is 4.90 Å². The molecule has 58 heavy (non-hydrogen) atoms. The lowest BCUT2D eigenvalue weighted by Gasteiger charge is -2.41. The minimum absolute atomic E-state index is 0.654. The Hall–Kier alpha value is -7.97. The van der Waals surface area contributed by atoms with Gasteiger partial charge in [0, 0.05) is 64.5 Å². The molecule has 1 spiro atoms. The topological polar surface area (TPSA) is 86.2 Å². The first kappa shape index (κ1) is 32.3. The lowest BCUT2D eigenvalue weighted by molar-refractivity contribution is 0.391. The third-order valence-corrected chi connectivity index (χ3v) is 11.4. The molecule has 9 aromatic rings. The van der Waals surface area contributed by atoms with E-state index in [1.54, 1.807) is 24.8 Å². The van der Waals surface area contributed by atoms with Gasteiger partial charge in [0.05, 0.1) is 45.3 Å². The number of hydrogen-bond donors (Lipinski definition) is 0. The number of anilines is 3. The first-order valence-electron chi connectivity index (χ1n) is 19.1. The average Bonchev–Trinajstić information content (AvgIpc) is 3.59. The van der Waals surface area contributed by atoms with E-state index < -0.39 is 5.41 Å². The summed E-state index contributed by atoms with van der Waals surface area (Å²) in [5.41, 5.74) is 13.1. The van der Waals surface area contributed by atoms with Gasteiger partial charge in [0.25, 0.3) is 0 Å². The van der Waals surface area contributed by atoms with E-state index in [1.807, 2.05) is 72.9 Å². The lowest BCUT2D eigenvalue weighted by atomic mass is 9.66. The highest BCUT2D eigenvalue weighted by Crippen LogP contribution is 2.65. The first-order chi connectivity index (χ1) is 28.8. The molecule has 8 heteroatoms. The van der Waals surface area contributed by atoms with Crippen LogP contribution >= 0.6 is 0 Å². The number of benzene rings is 4. The van der Waals surface area contributed by atoms with E-state index in [1.165, 1.54) is 0 Å². The van der Waals surface area contributed by atoms with Crippen LogP contribution in [0.3, 0.4) is 0 Å². The monoisotopic (exact) mass is 746 g/mol. The standard InChI is InChI=1S/C50H30N6O2/c1-2-9-34(10-3-1)56-42-13-5-7-15-45(42)58-49-43(56)19-17-38-48(49)57-44-14-6-4-11-35(44)50(38)36-12-8-24-53-46(36)47-37(50)16-18-39(55-47)33-29-40(31-20-25-51-26-21-31)54-41(30-33)32-22-27-52-28-23-32/h1-30H. The number of ether oxygens (including phenoxy) is 2. The SMILES string of the molecule is c1ccc(N2c3ccccc3Oc3c2ccc2c3Oc3ccccc3C23c2cccnc2-c2nc(-c4cc(-c5ccncc5)nc(-c5ccncc5)c4)ccc23)cc1. The Morgan fingerprint density at radius 1 is 0.414 bits per heavy atom. The molecular formula is C50H30N6O2. The maximum Gasteiger partial charge on any atom is 0.194 e. The third-order valence-electron chi connectivity index (χ3n) is 11.4. The van der Waals surface area contributed by atoms with E-state index in [2.05, 4.69) is 99.8 Å². The molecule has 0 fully saturated rings. The second-order valence-electron chi connectivity index (χ2n) is 14.5. The minimum atomic E-state index is -0.801. The summed E-state index contributed by atoms with van der Waals surface area (Å²) in [6.45, 7) is 0. The third kappa shape index (κ3) is 4.66. The van der Waals surface area contributed by atoms with E-state index in [0.29, 0.717) is 11.5 Å². The Kier molecular flexibility index (Phi) is 6.97. The summed E-state index contributed by atoms with van der Waals surface area (Å²) in [5.74, 6) is 2.82. The average molecular weight is 747 g/mol. The van der Waals surface area contributed by atoms with Crippen LogP contribution in [0.15, 0.2) is 183 Å². The van der Waals surface area contributed by atoms with Gasteiger partial charge in [-0.1, -0.05) is 66.7 Å². The number of para-hydroxylation sites is 4. The van der Waals surface area contributed by atoms with Crippen molar-refractivity contribution in [1.29, 1.82) is 0 Å². The van der Waals surface area contributed by atoms with E-state index in [0.717, 1.165) is 96.0 Å². The molecule has 2 aliphatic heterocycles. The molecule has 0 radical (unpaired) electrons. The summed E-state index contributed by atoms with van der Waals surface area (Å²) >= 11 is 0. The van der Waals surface area contributed by atoms with Crippen molar-refractivity contribution >= 4 is 17.1 Å². The molecule has 0 N–H and O–H groups in total. The van der Waals surface area contributed by atoms with Gasteiger partial charge < -0.3 is 14.4 Å². The van der Waals surface area contributed by atoms with Crippen LogP contribution in [0.5, 0.6) is 23.0 Å². The Morgan fingerprint density at radius 3 is 1.83 bits per heavy atom. The van der Waals surface area contributed by atoms with E-state index >= 15 is 0 Å². The van der Waals surface area contributed by atoms with Crippen molar-refractivity contribution in [3.05, 3.63) is 205 Å². The van der Waals surface area contributed by atoms with Crippen molar-refractivity contribution in [1.82, 2.24) is 24.9 Å². The molecule has 3 aliphatic rings. The summed E-state index contributed by atoms with van der Waals surface area (Å²) in [6, 6.07) is 51.8. The molecule has 1 aliphatic carbocycles. The van der Waals surface area contributed by atoms with E-state index in [4.69, 9.17) is 24.4 Å². The number of nitrogens with zero attached hydrogens (tertiary/aromatic N) is 6. The summed E-state index contributed by atoms with van der Waals surface area (Å²) in [7, 11) is 0. The first-order valence-corrected chi connectivity index (χ1v) is 19.1. The van der Waals surface area contributed by atoms with E-state index in [-0.39, 0.29) is 0 Å². The number of hydrogen-bond acceptors (Lipinski definition) is 8. The number of fused-ring (bicyclic) bond motifs is 12. The van der Waals surface area contributed by atoms with Crippen LogP contribution < -0.4 is 14.4 Å². The zero-order valence-electron chi connectivity index (χ0n) is 30.8. The Labute approximate surface area is 333 Å². The van der Waals surface area contributed by atoms with Gasteiger partial charge in [-0.3, -0.25) is 15.0 Å². The van der Waals surface area contributed by atoms with Gasteiger partial charge in [-0.25, -0.2) is 9.97 Å². The zero-order valence-corrected chi connectivity index (χ0v) is 30.8. The van der Waals surface area contributed by atoms with Crippen LogP contribution in [0.2, 0.25) is 0 Å². The van der Waals surface area contributed by atoms with Crippen LogP contribution in [0.25, 0.3) is 45.2 Å². The van der Waals surface area contributed by atoms with Crippen LogP contribution in [0, 0.1) is 0 Å². The summed E-state index contributed by atoms with van der Waals surface area (Å²) in [4.78, 5) is 26.4. The summed E-state index contributed by atoms with van der Waals surface area (Å²) < 4.78 is 13.9. The van der Waals surface area contributed by atoms with Gasteiger partial charge in [-0.15, -0.1) is 0 Å². The molecule has 1 atom stereocenters. The zero-order chi connectivity index (χ0) is 38.2. The molecule has 0 amide bonds. The lowest BCUT2D eigenvalue weighted by Crippen LogP contribution is -2.33. The molecule has 0 saturated heterocycles. The van der Waals surface area contributed by atoms with Gasteiger partial charge in [0.1, 0.15) is 5.75 Å². The molecule has 5 aromatic heterocycles. The van der Waals surface area contributed by atoms with Crippen LogP contribution in [-0.4, -0.2) is 24.9 Å². The fraction of sp³-hybridized carbons (Fsp3) is 0.0200. The predicted octanol–water partition coefficient (Wildman–Crippen LogP) is 11.7. The normalized spacial score (nSPS) is 15.2. The quantitative estimate of drug-likeness (QED) is 0.176. The second kappa shape index (κ2) is 12.5. The molecule has 7 heterocycles. The van der Waals surface area contributed by atoms with Crippen LogP contribution in [0.4, 0.5) is 17.1 Å². The molecule has 0 bridgehead atoms. The second-order valence-corrected chi connectivity index (χ2v) is 14.5. The van der Waals surface area contributed by atoms with Gasteiger partial charge in [0.15, 0.2) is 17.2 Å². The van der Waals surface area contributed by atoms with Gasteiger partial charge in [0.2, 0.25) is 0 Å². The van der Waals surface area contributed by atoms with Gasteiger partial charge in [-0.05, 0) is 96.1 Å². The Balaban J connectivity index is 1.09.